The van der Waals surface area contributed by atoms with Gasteiger partial charge in [0.1, 0.15) is 0 Å². The third-order valence-corrected chi connectivity index (χ3v) is 4.96. The van der Waals surface area contributed by atoms with Gasteiger partial charge in [-0.2, -0.15) is 0 Å². The van der Waals surface area contributed by atoms with Crippen molar-refractivity contribution in [2.75, 3.05) is 39.3 Å². The van der Waals surface area contributed by atoms with Gasteiger partial charge in [-0.1, -0.05) is 5.16 Å². The summed E-state index contributed by atoms with van der Waals surface area (Å²) in [5.41, 5.74) is 0.895. The number of likely N-dealkylation sites (tertiary alicyclic amines) is 1. The number of amides is 2. The summed E-state index contributed by atoms with van der Waals surface area (Å²) < 4.78 is 5.26. The molecule has 24 heavy (non-hydrogen) atoms. The number of piperidine rings is 1. The molecule has 7 nitrogen and oxygen atoms in total. The quantitative estimate of drug-likeness (QED) is 0.821. The van der Waals surface area contributed by atoms with Gasteiger partial charge in [-0.25, -0.2) is 0 Å². The van der Waals surface area contributed by atoms with Gasteiger partial charge < -0.3 is 14.3 Å². The van der Waals surface area contributed by atoms with E-state index in [0.29, 0.717) is 6.54 Å². The molecule has 0 aliphatic carbocycles. The lowest BCUT2D eigenvalue weighted by Gasteiger charge is -2.38. The molecule has 3 rings (SSSR count). The minimum Gasteiger partial charge on any atom is -0.360 e. The van der Waals surface area contributed by atoms with E-state index in [1.165, 1.54) is 0 Å². The van der Waals surface area contributed by atoms with Crippen LogP contribution in [-0.4, -0.2) is 70.9 Å². The summed E-state index contributed by atoms with van der Waals surface area (Å²) >= 11 is 0. The van der Waals surface area contributed by atoms with E-state index in [-0.39, 0.29) is 17.7 Å². The van der Waals surface area contributed by atoms with E-state index in [1.54, 1.807) is 11.8 Å². The van der Waals surface area contributed by atoms with Gasteiger partial charge in [0.25, 0.3) is 0 Å². The monoisotopic (exact) mass is 334 g/mol. The second-order valence-electron chi connectivity index (χ2n) is 6.84. The van der Waals surface area contributed by atoms with Crippen LogP contribution in [0, 0.1) is 12.8 Å². The molecule has 2 aliphatic heterocycles. The molecule has 2 fully saturated rings. The molecule has 1 unspecified atom stereocenters. The van der Waals surface area contributed by atoms with Gasteiger partial charge in [-0.15, -0.1) is 0 Å². The first-order chi connectivity index (χ1) is 11.5. The topological polar surface area (TPSA) is 69.9 Å². The predicted octanol–water partition coefficient (Wildman–Crippen LogP) is 0.886. The van der Waals surface area contributed by atoms with Crippen molar-refractivity contribution in [2.24, 2.45) is 5.92 Å². The van der Waals surface area contributed by atoms with Crippen molar-refractivity contribution >= 4 is 11.8 Å². The fourth-order valence-corrected chi connectivity index (χ4v) is 3.56. The first kappa shape index (κ1) is 17.0. The van der Waals surface area contributed by atoms with E-state index in [1.807, 2.05) is 17.9 Å². The zero-order valence-corrected chi connectivity index (χ0v) is 14.5. The van der Waals surface area contributed by atoms with Crippen molar-refractivity contribution in [1.29, 1.82) is 0 Å². The third kappa shape index (κ3) is 3.95. The molecule has 3 heterocycles. The Balaban J connectivity index is 1.49. The van der Waals surface area contributed by atoms with E-state index in [4.69, 9.17) is 4.52 Å². The molecule has 0 spiro atoms. The second kappa shape index (κ2) is 7.34. The van der Waals surface area contributed by atoms with Crippen molar-refractivity contribution in [3.8, 4) is 0 Å². The molecule has 0 aromatic carbocycles. The summed E-state index contributed by atoms with van der Waals surface area (Å²) in [4.78, 5) is 30.3. The minimum absolute atomic E-state index is 0.0360. The van der Waals surface area contributed by atoms with Crippen LogP contribution in [-0.2, 0) is 16.1 Å². The molecule has 7 heteroatoms. The van der Waals surface area contributed by atoms with Crippen LogP contribution in [0.4, 0.5) is 0 Å². The first-order valence-corrected chi connectivity index (χ1v) is 8.72. The van der Waals surface area contributed by atoms with Gasteiger partial charge in [-0.3, -0.25) is 14.5 Å². The van der Waals surface area contributed by atoms with Crippen LogP contribution in [0.2, 0.25) is 0 Å². The van der Waals surface area contributed by atoms with Gasteiger partial charge in [0.15, 0.2) is 5.76 Å². The van der Waals surface area contributed by atoms with Crippen LogP contribution in [0.5, 0.6) is 0 Å². The molecule has 0 saturated carbocycles. The van der Waals surface area contributed by atoms with Crippen molar-refractivity contribution in [1.82, 2.24) is 19.9 Å². The Morgan fingerprint density at radius 2 is 1.96 bits per heavy atom. The molecule has 1 aromatic heterocycles. The van der Waals surface area contributed by atoms with E-state index in [9.17, 15) is 9.59 Å². The molecule has 0 radical (unpaired) electrons. The van der Waals surface area contributed by atoms with Crippen LogP contribution >= 0.6 is 0 Å². The molecule has 1 aromatic rings. The highest BCUT2D eigenvalue weighted by Crippen LogP contribution is 2.20. The number of aromatic nitrogens is 1. The number of carbonyl (C=O) groups excluding carboxylic acids is 2. The van der Waals surface area contributed by atoms with Crippen LogP contribution < -0.4 is 0 Å². The van der Waals surface area contributed by atoms with Gasteiger partial charge in [0, 0.05) is 52.3 Å². The van der Waals surface area contributed by atoms with Crippen molar-refractivity contribution in [2.45, 2.75) is 33.2 Å². The Hall–Kier alpha value is -1.89. The fourth-order valence-electron chi connectivity index (χ4n) is 3.56. The predicted molar refractivity (Wildman–Crippen MR) is 88.1 cm³/mol. The highest BCUT2D eigenvalue weighted by atomic mass is 16.5. The van der Waals surface area contributed by atoms with E-state index < -0.39 is 0 Å². The number of hydrogen-bond donors (Lipinski definition) is 0. The second-order valence-corrected chi connectivity index (χ2v) is 6.84. The maximum absolute atomic E-state index is 12.7. The number of rotatable bonds is 3. The van der Waals surface area contributed by atoms with Crippen molar-refractivity contribution in [3.63, 3.8) is 0 Å². The van der Waals surface area contributed by atoms with Gasteiger partial charge >= 0.3 is 0 Å². The summed E-state index contributed by atoms with van der Waals surface area (Å²) in [6.07, 6.45) is 1.81. The van der Waals surface area contributed by atoms with Crippen LogP contribution in [0.1, 0.15) is 31.2 Å². The summed E-state index contributed by atoms with van der Waals surface area (Å²) in [5.74, 6) is 1.11. The Bertz CT molecular complexity index is 592. The standard InChI is InChI=1S/C17H26N4O3/c1-13-10-16(24-18-13)12-19-6-8-20(9-7-19)17(23)15-4-3-5-21(11-15)14(2)22/h10,15H,3-9,11-12H2,1-2H3. The summed E-state index contributed by atoms with van der Waals surface area (Å²) in [6.45, 7) is 8.75. The smallest absolute Gasteiger partial charge is 0.227 e. The molecule has 0 N–H and O–H groups in total. The highest BCUT2D eigenvalue weighted by Gasteiger charge is 2.31. The zero-order valence-electron chi connectivity index (χ0n) is 14.5. The maximum Gasteiger partial charge on any atom is 0.227 e. The molecule has 2 aliphatic rings. The molecular weight excluding hydrogens is 308 g/mol. The lowest BCUT2D eigenvalue weighted by Crippen LogP contribution is -2.52. The molecule has 0 bridgehead atoms. The van der Waals surface area contributed by atoms with Gasteiger partial charge in [0.05, 0.1) is 18.2 Å². The zero-order chi connectivity index (χ0) is 17.1. The number of piperazine rings is 1. The fraction of sp³-hybridized carbons (Fsp3) is 0.706. The van der Waals surface area contributed by atoms with Gasteiger partial charge in [-0.05, 0) is 19.8 Å². The summed E-state index contributed by atoms with van der Waals surface area (Å²) in [6, 6.07) is 1.95. The lowest BCUT2D eigenvalue weighted by molar-refractivity contribution is -0.141. The Labute approximate surface area is 142 Å². The molecule has 2 saturated heterocycles. The Kier molecular flexibility index (Phi) is 5.18. The van der Waals surface area contributed by atoms with E-state index in [0.717, 1.165) is 63.6 Å². The maximum atomic E-state index is 12.7. The summed E-state index contributed by atoms with van der Waals surface area (Å²) in [7, 11) is 0. The van der Waals surface area contributed by atoms with Crippen LogP contribution in [0.3, 0.4) is 0 Å². The number of hydrogen-bond acceptors (Lipinski definition) is 5. The lowest BCUT2D eigenvalue weighted by atomic mass is 9.96. The Morgan fingerprint density at radius 3 is 2.58 bits per heavy atom. The van der Waals surface area contributed by atoms with Crippen LogP contribution in [0.15, 0.2) is 10.6 Å². The van der Waals surface area contributed by atoms with E-state index in [2.05, 4.69) is 10.1 Å². The SMILES string of the molecule is CC(=O)N1CCCC(C(=O)N2CCN(Cc3cc(C)no3)CC2)C1. The molecule has 132 valence electrons. The minimum atomic E-state index is -0.0360. The highest BCUT2D eigenvalue weighted by molar-refractivity contribution is 5.81. The van der Waals surface area contributed by atoms with Gasteiger partial charge in [0.2, 0.25) is 11.8 Å². The van der Waals surface area contributed by atoms with Crippen LogP contribution in [0.25, 0.3) is 0 Å². The van der Waals surface area contributed by atoms with Crippen molar-refractivity contribution in [3.05, 3.63) is 17.5 Å². The third-order valence-electron chi connectivity index (χ3n) is 4.96. The summed E-state index contributed by atoms with van der Waals surface area (Å²) in [5, 5.41) is 3.91. The van der Waals surface area contributed by atoms with E-state index >= 15 is 0 Å². The average Bonchev–Trinajstić information content (AvgIpc) is 3.00. The molecule has 1 atom stereocenters. The largest absolute Gasteiger partial charge is 0.360 e. The first-order valence-electron chi connectivity index (χ1n) is 8.72. The Morgan fingerprint density at radius 1 is 1.21 bits per heavy atom. The molecular formula is C17H26N4O3. The molecule has 2 amide bonds. The number of aryl methyl sites for hydroxylation is 1. The number of nitrogens with zero attached hydrogens (tertiary/aromatic N) is 4. The van der Waals surface area contributed by atoms with Crippen molar-refractivity contribution < 1.29 is 14.1 Å². The average molecular weight is 334 g/mol. The number of carbonyl (C=O) groups is 2. The normalized spacial score (nSPS) is 22.7.